The monoisotopic (exact) mass is 276 g/mol. The minimum atomic E-state index is -0.204. The first-order valence-corrected chi connectivity index (χ1v) is 7.75. The molecule has 3 rings (SSSR count). The molecule has 2 atom stereocenters. The van der Waals surface area contributed by atoms with Crippen LogP contribution in [0.1, 0.15) is 38.6 Å². The van der Waals surface area contributed by atoms with Crippen LogP contribution in [0.2, 0.25) is 0 Å². The molecule has 2 heterocycles. The van der Waals surface area contributed by atoms with Gasteiger partial charge in [0.05, 0.1) is 0 Å². The van der Waals surface area contributed by atoms with E-state index in [1.807, 2.05) is 19.2 Å². The van der Waals surface area contributed by atoms with E-state index in [0.717, 1.165) is 25.6 Å². The molecule has 2 unspecified atom stereocenters. The van der Waals surface area contributed by atoms with Gasteiger partial charge in [-0.05, 0) is 51.1 Å². The highest BCUT2D eigenvalue weighted by atomic mass is 16.2. The van der Waals surface area contributed by atoms with Crippen molar-refractivity contribution in [3.8, 4) is 0 Å². The first-order chi connectivity index (χ1) is 9.74. The molecule has 1 aliphatic heterocycles. The molecule has 110 valence electrons. The zero-order valence-electron chi connectivity index (χ0n) is 12.2. The van der Waals surface area contributed by atoms with Gasteiger partial charge in [0, 0.05) is 31.5 Å². The standard InChI is InChI=1S/C15H24N4O/c1-12(19-9-3-8-17-19)15(20)18(10-13-5-6-13)11-14-4-2-7-16-14/h3,8-9,12-14,16H,2,4-7,10-11H2,1H3. The molecule has 5 heteroatoms. The fourth-order valence-electron chi connectivity index (χ4n) is 2.93. The molecule has 0 spiro atoms. The highest BCUT2D eigenvalue weighted by molar-refractivity contribution is 5.80. The Hall–Kier alpha value is -1.36. The summed E-state index contributed by atoms with van der Waals surface area (Å²) in [7, 11) is 0. The molecule has 1 N–H and O–H groups in total. The van der Waals surface area contributed by atoms with Gasteiger partial charge in [-0.2, -0.15) is 5.10 Å². The predicted molar refractivity (Wildman–Crippen MR) is 77.3 cm³/mol. The number of amides is 1. The van der Waals surface area contributed by atoms with Crippen molar-refractivity contribution in [2.75, 3.05) is 19.6 Å². The Kier molecular flexibility index (Phi) is 4.05. The lowest BCUT2D eigenvalue weighted by molar-refractivity contribution is -0.135. The SMILES string of the molecule is CC(C(=O)N(CC1CC1)CC1CCCN1)n1cccn1. The van der Waals surface area contributed by atoms with Crippen molar-refractivity contribution in [1.82, 2.24) is 20.0 Å². The van der Waals surface area contributed by atoms with Crippen LogP contribution in [0.5, 0.6) is 0 Å². The van der Waals surface area contributed by atoms with Crippen LogP contribution in [0.3, 0.4) is 0 Å². The van der Waals surface area contributed by atoms with E-state index in [9.17, 15) is 4.79 Å². The summed E-state index contributed by atoms with van der Waals surface area (Å²) in [6, 6.07) is 2.14. The number of rotatable bonds is 6. The molecule has 1 amide bonds. The second kappa shape index (κ2) is 5.95. The van der Waals surface area contributed by atoms with Crippen molar-refractivity contribution in [3.05, 3.63) is 18.5 Å². The molecule has 1 saturated carbocycles. The van der Waals surface area contributed by atoms with Gasteiger partial charge in [0.25, 0.3) is 0 Å². The highest BCUT2D eigenvalue weighted by Crippen LogP contribution is 2.30. The van der Waals surface area contributed by atoms with Crippen LogP contribution in [-0.4, -0.2) is 46.3 Å². The number of nitrogens with zero attached hydrogens (tertiary/aromatic N) is 3. The maximum Gasteiger partial charge on any atom is 0.247 e. The van der Waals surface area contributed by atoms with Gasteiger partial charge in [-0.15, -0.1) is 0 Å². The fraction of sp³-hybridized carbons (Fsp3) is 0.733. The van der Waals surface area contributed by atoms with Crippen LogP contribution in [0, 0.1) is 5.92 Å². The first-order valence-electron chi connectivity index (χ1n) is 7.75. The Morgan fingerprint density at radius 3 is 2.90 bits per heavy atom. The molecule has 2 fully saturated rings. The van der Waals surface area contributed by atoms with E-state index in [1.165, 1.54) is 25.7 Å². The minimum absolute atomic E-state index is 0.203. The van der Waals surface area contributed by atoms with E-state index < -0.39 is 0 Å². The van der Waals surface area contributed by atoms with Crippen molar-refractivity contribution in [2.24, 2.45) is 5.92 Å². The number of hydrogen-bond acceptors (Lipinski definition) is 3. The lowest BCUT2D eigenvalue weighted by atomic mass is 10.2. The molecule has 2 aliphatic rings. The van der Waals surface area contributed by atoms with E-state index >= 15 is 0 Å². The largest absolute Gasteiger partial charge is 0.339 e. The van der Waals surface area contributed by atoms with Crippen LogP contribution >= 0.6 is 0 Å². The van der Waals surface area contributed by atoms with Crippen LogP contribution in [0.4, 0.5) is 0 Å². The van der Waals surface area contributed by atoms with Crippen molar-refractivity contribution in [3.63, 3.8) is 0 Å². The zero-order valence-corrected chi connectivity index (χ0v) is 12.2. The van der Waals surface area contributed by atoms with Gasteiger partial charge >= 0.3 is 0 Å². The van der Waals surface area contributed by atoms with Gasteiger partial charge in [-0.1, -0.05) is 0 Å². The molecule has 1 aliphatic carbocycles. The topological polar surface area (TPSA) is 50.2 Å². The summed E-state index contributed by atoms with van der Waals surface area (Å²) in [4.78, 5) is 14.8. The van der Waals surface area contributed by atoms with Crippen molar-refractivity contribution in [1.29, 1.82) is 0 Å². The smallest absolute Gasteiger partial charge is 0.247 e. The minimum Gasteiger partial charge on any atom is -0.339 e. The summed E-state index contributed by atoms with van der Waals surface area (Å²) < 4.78 is 1.75. The normalized spacial score (nSPS) is 23.8. The average Bonchev–Trinajstić information content (AvgIpc) is 2.95. The molecule has 1 saturated heterocycles. The fourth-order valence-corrected chi connectivity index (χ4v) is 2.93. The summed E-state index contributed by atoms with van der Waals surface area (Å²) in [6.07, 6.45) is 8.56. The van der Waals surface area contributed by atoms with Crippen LogP contribution in [0.15, 0.2) is 18.5 Å². The third-order valence-corrected chi connectivity index (χ3v) is 4.37. The third kappa shape index (κ3) is 3.20. The Balaban J connectivity index is 1.65. The molecule has 5 nitrogen and oxygen atoms in total. The lowest BCUT2D eigenvalue weighted by Crippen LogP contribution is -2.44. The Morgan fingerprint density at radius 1 is 1.45 bits per heavy atom. The van der Waals surface area contributed by atoms with Crippen LogP contribution in [-0.2, 0) is 4.79 Å². The van der Waals surface area contributed by atoms with Crippen LogP contribution < -0.4 is 5.32 Å². The quantitative estimate of drug-likeness (QED) is 0.855. The van der Waals surface area contributed by atoms with Crippen molar-refractivity contribution >= 4 is 5.91 Å². The summed E-state index contributed by atoms with van der Waals surface area (Å²) in [5.74, 6) is 0.930. The maximum absolute atomic E-state index is 12.7. The van der Waals surface area contributed by atoms with Crippen LogP contribution in [0.25, 0.3) is 0 Å². The zero-order chi connectivity index (χ0) is 13.9. The summed E-state index contributed by atoms with van der Waals surface area (Å²) in [5.41, 5.74) is 0. The Bertz CT molecular complexity index is 435. The van der Waals surface area contributed by atoms with E-state index in [2.05, 4.69) is 15.3 Å². The van der Waals surface area contributed by atoms with Gasteiger partial charge in [-0.3, -0.25) is 9.48 Å². The molecular formula is C15H24N4O. The molecule has 0 radical (unpaired) electrons. The number of aromatic nitrogens is 2. The molecule has 0 bridgehead atoms. The Morgan fingerprint density at radius 2 is 2.30 bits per heavy atom. The van der Waals surface area contributed by atoms with E-state index in [4.69, 9.17) is 0 Å². The van der Waals surface area contributed by atoms with E-state index in [0.29, 0.717) is 6.04 Å². The number of nitrogens with one attached hydrogen (secondary N) is 1. The molecule has 1 aromatic heterocycles. The second-order valence-corrected chi connectivity index (χ2v) is 6.14. The summed E-state index contributed by atoms with van der Waals surface area (Å²) in [6.45, 7) is 4.80. The molecule has 20 heavy (non-hydrogen) atoms. The maximum atomic E-state index is 12.7. The predicted octanol–water partition coefficient (Wildman–Crippen LogP) is 1.43. The summed E-state index contributed by atoms with van der Waals surface area (Å²) in [5, 5.41) is 7.69. The number of carbonyl (C=O) groups is 1. The Labute approximate surface area is 120 Å². The van der Waals surface area contributed by atoms with Gasteiger partial charge in [-0.25, -0.2) is 0 Å². The first kappa shape index (κ1) is 13.6. The molecule has 1 aromatic rings. The summed E-state index contributed by atoms with van der Waals surface area (Å²) >= 11 is 0. The number of hydrogen-bond donors (Lipinski definition) is 1. The molecular weight excluding hydrogens is 252 g/mol. The van der Waals surface area contributed by atoms with E-state index in [-0.39, 0.29) is 11.9 Å². The average molecular weight is 276 g/mol. The lowest BCUT2D eigenvalue weighted by Gasteiger charge is -2.28. The van der Waals surface area contributed by atoms with Crippen molar-refractivity contribution < 1.29 is 4.79 Å². The third-order valence-electron chi connectivity index (χ3n) is 4.37. The van der Waals surface area contributed by atoms with Gasteiger partial charge in [0.1, 0.15) is 6.04 Å². The van der Waals surface area contributed by atoms with E-state index in [1.54, 1.807) is 10.9 Å². The van der Waals surface area contributed by atoms with Gasteiger partial charge in [0.2, 0.25) is 5.91 Å². The van der Waals surface area contributed by atoms with Gasteiger partial charge in [0.15, 0.2) is 0 Å². The van der Waals surface area contributed by atoms with Crippen molar-refractivity contribution in [2.45, 2.75) is 44.7 Å². The number of carbonyl (C=O) groups excluding carboxylic acids is 1. The second-order valence-electron chi connectivity index (χ2n) is 6.14. The molecule has 0 aromatic carbocycles. The highest BCUT2D eigenvalue weighted by Gasteiger charge is 2.31. The van der Waals surface area contributed by atoms with Gasteiger partial charge < -0.3 is 10.2 Å².